The number of amides is 3. The molecule has 0 atom stereocenters. The molecule has 0 saturated heterocycles. The molecule has 0 unspecified atom stereocenters. The zero-order valence-corrected chi connectivity index (χ0v) is 30.0. The van der Waals surface area contributed by atoms with Crippen molar-refractivity contribution in [3.63, 3.8) is 0 Å². The van der Waals surface area contributed by atoms with Crippen molar-refractivity contribution in [1.82, 2.24) is 29.7 Å². The van der Waals surface area contributed by atoms with Crippen LogP contribution in [0.25, 0.3) is 0 Å². The first-order valence-electron chi connectivity index (χ1n) is 16.4. The van der Waals surface area contributed by atoms with Crippen LogP contribution in [0.15, 0.2) is 32.6 Å². The number of aryl methyl sites for hydroxylation is 3. The van der Waals surface area contributed by atoms with E-state index in [1.807, 2.05) is 0 Å². The van der Waals surface area contributed by atoms with Crippen molar-refractivity contribution < 1.29 is 34.6 Å². The lowest BCUT2D eigenvalue weighted by atomic mass is 9.84. The summed E-state index contributed by atoms with van der Waals surface area (Å²) in [5, 5.41) is 51.0. The molecule has 3 aromatic heterocycles. The molecule has 3 heterocycles. The fraction of sp³-hybridized carbons (Fsp3) is 0.471. The van der Waals surface area contributed by atoms with Gasteiger partial charge in [0.05, 0.1) is 36.7 Å². The number of rotatable bonds is 16. The maximum atomic E-state index is 12.9. The van der Waals surface area contributed by atoms with Gasteiger partial charge in [-0.2, -0.15) is 0 Å². The van der Waals surface area contributed by atoms with Gasteiger partial charge in [-0.1, -0.05) is 0 Å². The minimum atomic E-state index is -1.96. The van der Waals surface area contributed by atoms with Crippen molar-refractivity contribution in [2.75, 3.05) is 0 Å². The molecule has 0 saturated carbocycles. The first-order chi connectivity index (χ1) is 24.3. The second-order valence-corrected chi connectivity index (χ2v) is 12.8. The number of nitrogens with zero attached hydrogens (tertiary/aromatic N) is 4. The Morgan fingerprint density at radius 2 is 0.865 bits per heavy atom. The van der Waals surface area contributed by atoms with Crippen molar-refractivity contribution in [2.24, 2.45) is 21.1 Å². The summed E-state index contributed by atoms with van der Waals surface area (Å²) < 4.78 is 4.54. The van der Waals surface area contributed by atoms with Crippen LogP contribution < -0.4 is 32.2 Å². The Morgan fingerprint density at radius 1 is 0.615 bits per heavy atom. The second-order valence-electron chi connectivity index (χ2n) is 12.8. The van der Waals surface area contributed by atoms with Gasteiger partial charge in [-0.15, -0.1) is 0 Å². The molecule has 0 aliphatic heterocycles. The average Bonchev–Trinajstić information content (AvgIpc) is 3.08. The van der Waals surface area contributed by atoms with E-state index in [2.05, 4.69) is 16.0 Å². The molecule has 0 fully saturated rings. The van der Waals surface area contributed by atoms with E-state index >= 15 is 0 Å². The van der Waals surface area contributed by atoms with Crippen molar-refractivity contribution in [3.05, 3.63) is 93.1 Å². The number of hydrogen-bond donors (Lipinski definition) is 6. The van der Waals surface area contributed by atoms with Crippen molar-refractivity contribution in [1.29, 1.82) is 0 Å². The van der Waals surface area contributed by atoms with Gasteiger partial charge in [-0.3, -0.25) is 38.9 Å². The Kier molecular flexibility index (Phi) is 13.1. The second kappa shape index (κ2) is 16.8. The van der Waals surface area contributed by atoms with Gasteiger partial charge in [-0.25, -0.2) is 0 Å². The lowest BCUT2D eigenvalue weighted by Crippen LogP contribution is -2.42. The lowest BCUT2D eigenvalue weighted by Gasteiger charge is -2.25. The molecule has 18 nitrogen and oxygen atoms in total. The monoisotopic (exact) mass is 727 g/mol. The summed E-state index contributed by atoms with van der Waals surface area (Å²) in [4.78, 5) is 87.0. The summed E-state index contributed by atoms with van der Waals surface area (Å²) in [5.74, 6) is -3.62. The first kappa shape index (κ1) is 40.5. The average molecular weight is 728 g/mol. The molecule has 3 amide bonds. The van der Waals surface area contributed by atoms with E-state index in [0.717, 1.165) is 0 Å². The molecule has 6 N–H and O–H groups in total. The Labute approximate surface area is 297 Å². The van der Waals surface area contributed by atoms with Crippen LogP contribution in [-0.4, -0.2) is 57.2 Å². The van der Waals surface area contributed by atoms with Crippen molar-refractivity contribution in [3.8, 4) is 17.2 Å². The summed E-state index contributed by atoms with van der Waals surface area (Å²) in [6.07, 6.45) is -2.43. The molecular formula is C34H45N7O11. The molecule has 0 bridgehead atoms. The highest BCUT2D eigenvalue weighted by atomic mass is 16.6. The summed E-state index contributed by atoms with van der Waals surface area (Å²) in [6, 6.07) is 3.69. The number of carbonyl (C=O) groups excluding carboxylic acids is 3. The van der Waals surface area contributed by atoms with Gasteiger partial charge >= 0.3 is 0 Å². The third-order valence-electron chi connectivity index (χ3n) is 9.54. The molecule has 3 aromatic rings. The largest absolute Gasteiger partial charge is 0.503 e. The van der Waals surface area contributed by atoms with Crippen LogP contribution in [0.1, 0.15) is 72.7 Å². The van der Waals surface area contributed by atoms with Crippen LogP contribution in [0.2, 0.25) is 0 Å². The van der Waals surface area contributed by atoms with Crippen LogP contribution in [0.4, 0.5) is 0 Å². The van der Waals surface area contributed by atoms with Gasteiger partial charge in [-0.05, 0) is 20.8 Å². The molecule has 0 radical (unpaired) electrons. The smallest absolute Gasteiger partial charge is 0.223 e. The molecular weight excluding hydrogens is 682 g/mol. The van der Waals surface area contributed by atoms with Crippen LogP contribution in [-0.2, 0) is 55.2 Å². The number of aromatic hydroxyl groups is 3. The first-order valence-corrected chi connectivity index (χ1v) is 16.4. The molecule has 18 heteroatoms. The zero-order valence-electron chi connectivity index (χ0n) is 30.0. The number of pyridine rings is 3. The molecule has 0 aliphatic rings. The molecule has 3 rings (SSSR count). The Balaban J connectivity index is 1.77. The Hall–Kier alpha value is -5.94. The molecule has 0 spiro atoms. The van der Waals surface area contributed by atoms with Gasteiger partial charge in [0.25, 0.3) is 0 Å². The van der Waals surface area contributed by atoms with E-state index in [1.165, 1.54) is 31.9 Å². The van der Waals surface area contributed by atoms with Gasteiger partial charge < -0.3 is 45.0 Å². The third-order valence-corrected chi connectivity index (χ3v) is 9.54. The predicted molar refractivity (Wildman–Crippen MR) is 187 cm³/mol. The lowest BCUT2D eigenvalue weighted by molar-refractivity contribution is -0.573. The van der Waals surface area contributed by atoms with Crippen LogP contribution in [0.5, 0.6) is 17.2 Å². The molecule has 52 heavy (non-hydrogen) atoms. The van der Waals surface area contributed by atoms with Crippen LogP contribution >= 0.6 is 0 Å². The fourth-order valence-electron chi connectivity index (χ4n) is 5.71. The normalized spacial score (nSPS) is 11.3. The van der Waals surface area contributed by atoms with Crippen LogP contribution in [0.3, 0.4) is 0 Å². The number of aromatic nitrogens is 3. The van der Waals surface area contributed by atoms with Gasteiger partial charge in [0.2, 0.25) is 39.5 Å². The van der Waals surface area contributed by atoms with E-state index in [-0.39, 0.29) is 36.7 Å². The highest BCUT2D eigenvalue weighted by Crippen LogP contribution is 2.30. The van der Waals surface area contributed by atoms with Gasteiger partial charge in [0.15, 0.2) is 17.2 Å². The number of hydrogen-bond acceptors (Lipinski definition) is 11. The Bertz CT molecular complexity index is 1840. The van der Waals surface area contributed by atoms with Crippen LogP contribution in [0, 0.1) is 30.9 Å². The summed E-state index contributed by atoms with van der Waals surface area (Å²) >= 11 is 0. The van der Waals surface area contributed by atoms with Crippen molar-refractivity contribution in [2.45, 2.75) is 84.5 Å². The summed E-state index contributed by atoms with van der Waals surface area (Å²) in [6.45, 7) is 4.16. The zero-order chi connectivity index (χ0) is 39.1. The predicted octanol–water partition coefficient (Wildman–Crippen LogP) is 0.430. The minimum Gasteiger partial charge on any atom is -0.503 e. The highest BCUT2D eigenvalue weighted by Gasteiger charge is 2.43. The topological polar surface area (TPSA) is 257 Å². The third kappa shape index (κ3) is 9.43. The molecule has 0 aromatic carbocycles. The summed E-state index contributed by atoms with van der Waals surface area (Å²) in [7, 11) is 4.76. The van der Waals surface area contributed by atoms with E-state index < -0.39 is 100 Å². The number of nitrogens with one attached hydrogen (secondary N) is 3. The molecule has 282 valence electrons. The standard InChI is InChI=1S/C34H45N7O11/c1-19-13-25(42)31(48)22(38(19)4)16-35-28(45)7-10-34(41(51)52,11-8-29(46)36-17-23-32(49)26(43)14-20(2)39(23)5)12-9-30(47)37-18-24-33(50)27(44)15-21(3)40(24)6/h13-15,48-50H,7-12,16-18H2,1-6H3,(H,35,45)(H,36,46)(H,37,47). The van der Waals surface area contributed by atoms with Crippen molar-refractivity contribution >= 4 is 17.7 Å². The van der Waals surface area contributed by atoms with E-state index in [9.17, 15) is 54.2 Å². The molecule has 0 aliphatic carbocycles. The highest BCUT2D eigenvalue weighted by molar-refractivity contribution is 5.77. The fourth-order valence-corrected chi connectivity index (χ4v) is 5.71. The quantitative estimate of drug-likeness (QED) is 0.0871. The summed E-state index contributed by atoms with van der Waals surface area (Å²) in [5.41, 5.74) is -1.91. The minimum absolute atomic E-state index is 0.126. The Morgan fingerprint density at radius 3 is 1.10 bits per heavy atom. The van der Waals surface area contributed by atoms with E-state index in [0.29, 0.717) is 17.1 Å². The number of carbonyl (C=O) groups is 3. The van der Waals surface area contributed by atoms with Gasteiger partial charge in [0.1, 0.15) is 0 Å². The number of nitro groups is 1. The van der Waals surface area contributed by atoms with E-state index in [4.69, 9.17) is 0 Å². The SMILES string of the molecule is Cc1cc(=O)c(O)c(CNC(=O)CCC(CCC(=O)NCc2c(O)c(=O)cc(C)n2C)(CCC(=O)NCc2c(O)c(=O)cc(C)n2C)[N+](=O)[O-])n1C. The maximum absolute atomic E-state index is 12.9. The van der Waals surface area contributed by atoms with E-state index in [1.54, 1.807) is 41.9 Å². The maximum Gasteiger partial charge on any atom is 0.223 e. The van der Waals surface area contributed by atoms with Gasteiger partial charge in [0, 0.05) is 99.9 Å².